The van der Waals surface area contributed by atoms with Gasteiger partial charge in [0, 0.05) is 28.1 Å². The van der Waals surface area contributed by atoms with Crippen LogP contribution < -0.4 is 0 Å². The predicted molar refractivity (Wildman–Crippen MR) is 93.5 cm³/mol. The lowest BCUT2D eigenvalue weighted by Gasteiger charge is -2.01. The zero-order valence-electron chi connectivity index (χ0n) is 11.4. The highest BCUT2D eigenvalue weighted by Gasteiger charge is 2.06. The van der Waals surface area contributed by atoms with Crippen LogP contribution in [0.4, 0.5) is 0 Å². The van der Waals surface area contributed by atoms with E-state index in [4.69, 9.17) is 0 Å². The van der Waals surface area contributed by atoms with Gasteiger partial charge in [0.1, 0.15) is 0 Å². The first kappa shape index (κ1) is 14.8. The maximum atomic E-state index is 12.1. The van der Waals surface area contributed by atoms with E-state index in [-0.39, 0.29) is 0 Å². The minimum absolute atomic E-state index is 0.640. The zero-order chi connectivity index (χ0) is 14.5. The molecule has 108 valence electrons. The Morgan fingerprint density at radius 1 is 1.05 bits per heavy atom. The molecule has 0 aliphatic rings. The standard InChI is InChI=1S/C16H15NOS3/c18-21(12-13-6-2-1-3-7-13)11-10-19-16-17-14-8-4-5-9-15(14)20-16/h1-9H,10-12H2/t21-/m1/s1. The summed E-state index contributed by atoms with van der Waals surface area (Å²) in [5.41, 5.74) is 2.19. The van der Waals surface area contributed by atoms with Crippen LogP contribution in [0.1, 0.15) is 5.56 Å². The number of para-hydroxylation sites is 1. The maximum Gasteiger partial charge on any atom is 0.151 e. The third-order valence-corrected chi connectivity index (χ3v) is 6.74. The van der Waals surface area contributed by atoms with Crippen molar-refractivity contribution in [3.05, 3.63) is 60.2 Å². The minimum atomic E-state index is -0.806. The Labute approximate surface area is 135 Å². The molecule has 0 radical (unpaired) electrons. The monoisotopic (exact) mass is 333 g/mol. The molecule has 0 bridgehead atoms. The molecule has 0 saturated carbocycles. The summed E-state index contributed by atoms with van der Waals surface area (Å²) in [6.07, 6.45) is 0. The molecular formula is C16H15NOS3. The van der Waals surface area contributed by atoms with E-state index in [0.717, 1.165) is 21.2 Å². The number of thiazole rings is 1. The fourth-order valence-corrected chi connectivity index (χ4v) is 5.54. The van der Waals surface area contributed by atoms with Crippen molar-refractivity contribution >= 4 is 44.1 Å². The molecule has 1 aromatic heterocycles. The summed E-state index contributed by atoms with van der Waals surface area (Å²) in [4.78, 5) is 4.58. The minimum Gasteiger partial charge on any atom is -0.259 e. The number of rotatable bonds is 6. The lowest BCUT2D eigenvalue weighted by atomic mass is 10.2. The van der Waals surface area contributed by atoms with Gasteiger partial charge < -0.3 is 0 Å². The number of aromatic nitrogens is 1. The second-order valence-electron chi connectivity index (χ2n) is 4.57. The summed E-state index contributed by atoms with van der Waals surface area (Å²) < 4.78 is 14.3. The molecule has 1 heterocycles. The van der Waals surface area contributed by atoms with Gasteiger partial charge in [0.2, 0.25) is 0 Å². The van der Waals surface area contributed by atoms with Gasteiger partial charge in [-0.2, -0.15) is 0 Å². The smallest absolute Gasteiger partial charge is 0.151 e. The molecule has 0 saturated heterocycles. The van der Waals surface area contributed by atoms with Gasteiger partial charge in [-0.25, -0.2) is 4.98 Å². The first-order chi connectivity index (χ1) is 10.3. The molecule has 1 atom stereocenters. The lowest BCUT2D eigenvalue weighted by molar-refractivity contribution is 0.683. The molecular weight excluding hydrogens is 318 g/mol. The molecule has 2 nitrogen and oxygen atoms in total. The Morgan fingerprint density at radius 2 is 1.81 bits per heavy atom. The first-order valence-electron chi connectivity index (χ1n) is 6.68. The van der Waals surface area contributed by atoms with Crippen molar-refractivity contribution in [2.45, 2.75) is 10.1 Å². The van der Waals surface area contributed by atoms with E-state index >= 15 is 0 Å². The van der Waals surface area contributed by atoms with Crippen LogP contribution in [-0.4, -0.2) is 20.7 Å². The number of hydrogen-bond donors (Lipinski definition) is 0. The van der Waals surface area contributed by atoms with Crippen LogP contribution in [-0.2, 0) is 16.6 Å². The van der Waals surface area contributed by atoms with Gasteiger partial charge >= 0.3 is 0 Å². The molecule has 0 amide bonds. The molecule has 21 heavy (non-hydrogen) atoms. The number of benzene rings is 2. The van der Waals surface area contributed by atoms with Crippen LogP contribution in [0.5, 0.6) is 0 Å². The van der Waals surface area contributed by atoms with Gasteiger partial charge in [-0.05, 0) is 17.7 Å². The van der Waals surface area contributed by atoms with Gasteiger partial charge in [0.25, 0.3) is 0 Å². The Hall–Kier alpha value is -1.17. The summed E-state index contributed by atoms with van der Waals surface area (Å²) in [6, 6.07) is 18.2. The van der Waals surface area contributed by atoms with Gasteiger partial charge in [-0.3, -0.25) is 4.21 Å². The Bertz CT molecular complexity index is 706. The maximum absolute atomic E-state index is 12.1. The van der Waals surface area contributed by atoms with Crippen molar-refractivity contribution in [3.8, 4) is 0 Å². The van der Waals surface area contributed by atoms with Crippen molar-refractivity contribution in [2.75, 3.05) is 11.5 Å². The molecule has 3 aromatic rings. The number of nitrogens with zero attached hydrogens (tertiary/aromatic N) is 1. The van der Waals surface area contributed by atoms with Crippen LogP contribution in [0.25, 0.3) is 10.2 Å². The van der Waals surface area contributed by atoms with Crippen LogP contribution in [0, 0.1) is 0 Å². The van der Waals surface area contributed by atoms with E-state index in [1.165, 1.54) is 4.70 Å². The Morgan fingerprint density at radius 3 is 2.62 bits per heavy atom. The fraction of sp³-hybridized carbons (Fsp3) is 0.188. The highest BCUT2D eigenvalue weighted by atomic mass is 32.2. The van der Waals surface area contributed by atoms with Crippen LogP contribution in [0.3, 0.4) is 0 Å². The summed E-state index contributed by atoms with van der Waals surface area (Å²) in [6.45, 7) is 0. The quantitative estimate of drug-likeness (QED) is 0.629. The van der Waals surface area contributed by atoms with Crippen molar-refractivity contribution in [1.82, 2.24) is 4.98 Å². The average Bonchev–Trinajstić information content (AvgIpc) is 2.91. The van der Waals surface area contributed by atoms with Gasteiger partial charge in [0.05, 0.1) is 10.2 Å². The number of thioether (sulfide) groups is 1. The van der Waals surface area contributed by atoms with Gasteiger partial charge in [-0.1, -0.05) is 54.2 Å². The van der Waals surface area contributed by atoms with Crippen molar-refractivity contribution in [2.24, 2.45) is 0 Å². The second-order valence-corrected chi connectivity index (χ2v) is 8.52. The third kappa shape index (κ3) is 4.15. The average molecular weight is 334 g/mol. The molecule has 0 aliphatic carbocycles. The van der Waals surface area contributed by atoms with E-state index in [1.807, 2.05) is 48.5 Å². The highest BCUT2D eigenvalue weighted by molar-refractivity contribution is 8.01. The molecule has 2 aromatic carbocycles. The number of fused-ring (bicyclic) bond motifs is 1. The first-order valence-corrected chi connectivity index (χ1v) is 9.97. The summed E-state index contributed by atoms with van der Waals surface area (Å²) in [5.74, 6) is 2.19. The summed E-state index contributed by atoms with van der Waals surface area (Å²) >= 11 is 3.41. The molecule has 0 aliphatic heterocycles. The molecule has 5 heteroatoms. The highest BCUT2D eigenvalue weighted by Crippen LogP contribution is 2.29. The molecule has 0 unspecified atom stereocenters. The van der Waals surface area contributed by atoms with Crippen LogP contribution >= 0.6 is 23.1 Å². The Balaban J connectivity index is 1.50. The molecule has 0 fully saturated rings. The lowest BCUT2D eigenvalue weighted by Crippen LogP contribution is -2.03. The van der Waals surface area contributed by atoms with E-state index in [0.29, 0.717) is 11.5 Å². The van der Waals surface area contributed by atoms with Crippen LogP contribution in [0.2, 0.25) is 0 Å². The largest absolute Gasteiger partial charge is 0.259 e. The van der Waals surface area contributed by atoms with Gasteiger partial charge in [-0.15, -0.1) is 11.3 Å². The van der Waals surface area contributed by atoms with Gasteiger partial charge in [0.15, 0.2) is 4.34 Å². The predicted octanol–water partition coefficient (Wildman–Crippen LogP) is 4.34. The zero-order valence-corrected chi connectivity index (χ0v) is 13.8. The third-order valence-electron chi connectivity index (χ3n) is 2.98. The molecule has 3 rings (SSSR count). The normalized spacial score (nSPS) is 12.6. The topological polar surface area (TPSA) is 30.0 Å². The van der Waals surface area contributed by atoms with Crippen molar-refractivity contribution in [1.29, 1.82) is 0 Å². The summed E-state index contributed by atoms with van der Waals surface area (Å²) in [7, 11) is -0.806. The summed E-state index contributed by atoms with van der Waals surface area (Å²) in [5, 5.41) is 0. The van der Waals surface area contributed by atoms with E-state index in [9.17, 15) is 4.21 Å². The molecule has 0 spiro atoms. The van der Waals surface area contributed by atoms with Crippen LogP contribution in [0.15, 0.2) is 58.9 Å². The van der Waals surface area contributed by atoms with E-state index in [2.05, 4.69) is 11.1 Å². The van der Waals surface area contributed by atoms with E-state index in [1.54, 1.807) is 23.1 Å². The number of hydrogen-bond acceptors (Lipinski definition) is 4. The SMILES string of the molecule is O=[S@](CCSc1nc2ccccc2s1)Cc1ccccc1. The Kier molecular flexibility index (Phi) is 5.06. The van der Waals surface area contributed by atoms with Crippen molar-refractivity contribution in [3.63, 3.8) is 0 Å². The van der Waals surface area contributed by atoms with E-state index < -0.39 is 10.8 Å². The second kappa shape index (κ2) is 7.20. The van der Waals surface area contributed by atoms with Crippen molar-refractivity contribution < 1.29 is 4.21 Å². The molecule has 0 N–H and O–H groups in total. The fourth-order valence-electron chi connectivity index (χ4n) is 1.97.